The summed E-state index contributed by atoms with van der Waals surface area (Å²) in [7, 11) is -0.455. The van der Waals surface area contributed by atoms with Crippen LogP contribution in [-0.2, 0) is 19.6 Å². The topological polar surface area (TPSA) is 92.8 Å². The van der Waals surface area contributed by atoms with Gasteiger partial charge >= 0.3 is 5.97 Å². The summed E-state index contributed by atoms with van der Waals surface area (Å²) in [6.45, 7) is 1.94. The molecule has 1 atom stereocenters. The number of hydrogen-bond donors (Lipinski definition) is 1. The van der Waals surface area contributed by atoms with Crippen molar-refractivity contribution in [2.24, 2.45) is 0 Å². The quantitative estimate of drug-likeness (QED) is 0.730. The minimum atomic E-state index is -3.61. The number of amides is 1. The summed E-state index contributed by atoms with van der Waals surface area (Å²) >= 11 is 0. The molecular weight excluding hydrogens is 368 g/mol. The Morgan fingerprint density at radius 3 is 2.15 bits per heavy atom. The van der Waals surface area contributed by atoms with Crippen LogP contribution in [0.15, 0.2) is 59.5 Å². The normalized spacial score (nSPS) is 12.3. The van der Waals surface area contributed by atoms with Crippen molar-refractivity contribution in [3.8, 4) is 0 Å². The zero-order valence-electron chi connectivity index (χ0n) is 15.4. The Labute approximate surface area is 159 Å². The largest absolute Gasteiger partial charge is 0.444 e. The zero-order valence-corrected chi connectivity index (χ0v) is 16.2. The summed E-state index contributed by atoms with van der Waals surface area (Å²) in [4.78, 5) is 26.3. The molecule has 0 unspecified atom stereocenters. The number of likely N-dealkylation sites (N-methyl/N-ethyl adjacent to an activating group) is 1. The fourth-order valence-electron chi connectivity index (χ4n) is 2.34. The van der Waals surface area contributed by atoms with Crippen LogP contribution in [-0.4, -0.2) is 45.8 Å². The second kappa shape index (κ2) is 8.79. The Morgan fingerprint density at radius 2 is 1.63 bits per heavy atom. The summed E-state index contributed by atoms with van der Waals surface area (Å²) in [6.07, 6.45) is -1.08. The number of benzene rings is 2. The maximum absolute atomic E-state index is 12.5. The molecule has 27 heavy (non-hydrogen) atoms. The van der Waals surface area contributed by atoms with Gasteiger partial charge in [-0.25, -0.2) is 17.9 Å². The van der Waals surface area contributed by atoms with E-state index in [0.29, 0.717) is 5.56 Å². The maximum atomic E-state index is 12.5. The van der Waals surface area contributed by atoms with Gasteiger partial charge in [0.1, 0.15) is 0 Å². The van der Waals surface area contributed by atoms with Crippen molar-refractivity contribution >= 4 is 21.9 Å². The third kappa shape index (κ3) is 5.15. The van der Waals surface area contributed by atoms with Gasteiger partial charge in [0.15, 0.2) is 0 Å². The van der Waals surface area contributed by atoms with Crippen LogP contribution < -0.4 is 4.72 Å². The lowest BCUT2D eigenvalue weighted by atomic mass is 10.1. The number of rotatable bonds is 7. The van der Waals surface area contributed by atoms with Crippen LogP contribution in [0.2, 0.25) is 0 Å². The first-order chi connectivity index (χ1) is 12.8. The van der Waals surface area contributed by atoms with E-state index in [1.54, 1.807) is 51.4 Å². The van der Waals surface area contributed by atoms with Crippen LogP contribution >= 0.6 is 0 Å². The lowest BCUT2D eigenvalue weighted by molar-refractivity contribution is -0.138. The number of hydrogen-bond acceptors (Lipinski definition) is 5. The summed E-state index contributed by atoms with van der Waals surface area (Å²) in [5, 5.41) is 0. The predicted molar refractivity (Wildman–Crippen MR) is 101 cm³/mol. The Balaban J connectivity index is 2.24. The minimum absolute atomic E-state index is 0.0462. The van der Waals surface area contributed by atoms with Crippen molar-refractivity contribution in [1.82, 2.24) is 9.62 Å². The number of sulfonamides is 1. The molecule has 2 rings (SSSR count). The van der Waals surface area contributed by atoms with E-state index in [1.807, 2.05) is 0 Å². The van der Waals surface area contributed by atoms with Crippen molar-refractivity contribution < 1.29 is 22.7 Å². The maximum Gasteiger partial charge on any atom is 0.339 e. The van der Waals surface area contributed by atoms with E-state index >= 15 is 0 Å². The smallest absolute Gasteiger partial charge is 0.339 e. The molecule has 1 amide bonds. The highest BCUT2D eigenvalue weighted by molar-refractivity contribution is 7.89. The highest BCUT2D eigenvalue weighted by atomic mass is 32.2. The van der Waals surface area contributed by atoms with Crippen molar-refractivity contribution in [3.05, 3.63) is 65.7 Å². The molecular formula is C19H22N2O5S. The Bertz CT molecular complexity index is 893. The molecule has 0 aliphatic heterocycles. The van der Waals surface area contributed by atoms with Gasteiger partial charge in [0.25, 0.3) is 5.91 Å². The molecule has 0 saturated heterocycles. The molecule has 144 valence electrons. The second-order valence-electron chi connectivity index (χ2n) is 5.95. The van der Waals surface area contributed by atoms with Gasteiger partial charge in [-0.15, -0.1) is 0 Å². The lowest BCUT2D eigenvalue weighted by Gasteiger charge is -2.21. The highest BCUT2D eigenvalue weighted by Crippen LogP contribution is 2.21. The molecule has 0 aliphatic carbocycles. The van der Waals surface area contributed by atoms with E-state index in [4.69, 9.17) is 4.74 Å². The Kier molecular flexibility index (Phi) is 6.70. The molecule has 0 bridgehead atoms. The van der Waals surface area contributed by atoms with E-state index in [2.05, 4.69) is 4.72 Å². The highest BCUT2D eigenvalue weighted by Gasteiger charge is 2.27. The molecule has 1 N–H and O–H groups in total. The summed E-state index contributed by atoms with van der Waals surface area (Å²) < 4.78 is 31.7. The van der Waals surface area contributed by atoms with Crippen LogP contribution in [0.1, 0.15) is 28.9 Å². The van der Waals surface area contributed by atoms with Crippen LogP contribution in [0, 0.1) is 0 Å². The third-order valence-corrected chi connectivity index (χ3v) is 5.29. The summed E-state index contributed by atoms with van der Waals surface area (Å²) in [5.41, 5.74) is 0.703. The molecule has 2 aromatic rings. The minimum Gasteiger partial charge on any atom is -0.444 e. The van der Waals surface area contributed by atoms with Gasteiger partial charge < -0.3 is 9.64 Å². The number of nitrogens with zero attached hydrogens (tertiary/aromatic N) is 1. The first-order valence-corrected chi connectivity index (χ1v) is 9.81. The monoisotopic (exact) mass is 390 g/mol. The van der Waals surface area contributed by atoms with E-state index in [1.165, 1.54) is 29.2 Å². The molecule has 8 heteroatoms. The van der Waals surface area contributed by atoms with Gasteiger partial charge in [-0.05, 0) is 24.3 Å². The molecule has 0 radical (unpaired) electrons. The lowest BCUT2D eigenvalue weighted by Crippen LogP contribution is -2.31. The van der Waals surface area contributed by atoms with Gasteiger partial charge in [0, 0.05) is 26.2 Å². The first kappa shape index (κ1) is 20.6. The van der Waals surface area contributed by atoms with Crippen molar-refractivity contribution in [2.45, 2.75) is 17.9 Å². The van der Waals surface area contributed by atoms with Crippen LogP contribution in [0.4, 0.5) is 0 Å². The average Bonchev–Trinajstić information content (AvgIpc) is 2.66. The molecule has 0 aliphatic rings. The summed E-state index contributed by atoms with van der Waals surface area (Å²) in [5.74, 6) is -1.09. The van der Waals surface area contributed by atoms with E-state index in [9.17, 15) is 18.0 Å². The molecule has 0 fully saturated rings. The van der Waals surface area contributed by atoms with Crippen LogP contribution in [0.3, 0.4) is 0 Å². The number of carbonyl (C=O) groups is 2. The van der Waals surface area contributed by atoms with Crippen molar-refractivity contribution in [3.63, 3.8) is 0 Å². The molecule has 0 aromatic heterocycles. The van der Waals surface area contributed by atoms with Gasteiger partial charge in [0.05, 0.1) is 10.5 Å². The van der Waals surface area contributed by atoms with E-state index in [0.717, 1.165) is 0 Å². The zero-order chi connectivity index (χ0) is 20.0. The third-order valence-electron chi connectivity index (χ3n) is 3.73. The number of ether oxygens (including phenoxy) is 1. The van der Waals surface area contributed by atoms with E-state index in [-0.39, 0.29) is 22.9 Å². The molecule has 0 spiro atoms. The summed E-state index contributed by atoms with van der Waals surface area (Å²) in [6, 6.07) is 14.0. The fraction of sp³-hybridized carbons (Fsp3) is 0.263. The number of nitrogens with one attached hydrogen (secondary N) is 1. The number of carbonyl (C=O) groups excluding carboxylic acids is 2. The SMILES string of the molecule is CCNS(=O)(=O)c1ccc(C(=O)O[C@@H](C(=O)N(C)C)c2ccccc2)cc1. The molecule has 2 aromatic carbocycles. The van der Waals surface area contributed by atoms with Gasteiger partial charge in [-0.1, -0.05) is 37.3 Å². The van der Waals surface area contributed by atoms with E-state index < -0.39 is 22.1 Å². The fourth-order valence-corrected chi connectivity index (χ4v) is 3.38. The molecule has 0 heterocycles. The van der Waals surface area contributed by atoms with Crippen LogP contribution in [0.25, 0.3) is 0 Å². The Hall–Kier alpha value is -2.71. The molecule has 7 nitrogen and oxygen atoms in total. The molecule has 0 saturated carbocycles. The Morgan fingerprint density at radius 1 is 1.04 bits per heavy atom. The van der Waals surface area contributed by atoms with Gasteiger partial charge in [0.2, 0.25) is 16.1 Å². The van der Waals surface area contributed by atoms with Crippen LogP contribution in [0.5, 0.6) is 0 Å². The van der Waals surface area contributed by atoms with Gasteiger partial charge in [-0.3, -0.25) is 4.79 Å². The number of esters is 1. The first-order valence-electron chi connectivity index (χ1n) is 8.33. The second-order valence-corrected chi connectivity index (χ2v) is 7.72. The van der Waals surface area contributed by atoms with Gasteiger partial charge in [-0.2, -0.15) is 0 Å². The predicted octanol–water partition coefficient (Wildman–Crippen LogP) is 1.97. The standard InChI is InChI=1S/C19H22N2O5S/c1-4-20-27(24,25)16-12-10-15(11-13-16)19(23)26-17(18(22)21(2)3)14-8-6-5-7-9-14/h5-13,17,20H,4H2,1-3H3/t17-/m1/s1. The van der Waals surface area contributed by atoms with Crippen molar-refractivity contribution in [2.75, 3.05) is 20.6 Å². The average molecular weight is 390 g/mol. The van der Waals surface area contributed by atoms with Crippen molar-refractivity contribution in [1.29, 1.82) is 0 Å².